The van der Waals surface area contributed by atoms with Crippen molar-refractivity contribution in [1.29, 1.82) is 0 Å². The zero-order valence-corrected chi connectivity index (χ0v) is 12.5. The van der Waals surface area contributed by atoms with E-state index in [-0.39, 0.29) is 48.0 Å². The Balaban J connectivity index is 2.59. The fourth-order valence-corrected chi connectivity index (χ4v) is 2.05. The molecule has 7 nitrogen and oxygen atoms in total. The Kier molecular flexibility index (Phi) is 7.07. The van der Waals surface area contributed by atoms with Gasteiger partial charge in [-0.25, -0.2) is 4.79 Å². The Labute approximate surface area is 131 Å². The van der Waals surface area contributed by atoms with E-state index in [4.69, 9.17) is 39.4 Å². The van der Waals surface area contributed by atoms with Crippen molar-refractivity contribution in [2.24, 2.45) is 11.5 Å². The van der Waals surface area contributed by atoms with Crippen LogP contribution >= 0.6 is 23.2 Å². The number of carbonyl (C=O) groups is 2. The third kappa shape index (κ3) is 6.07. The number of halogens is 2. The van der Waals surface area contributed by atoms with Crippen molar-refractivity contribution in [2.45, 2.75) is 6.61 Å². The normalized spacial score (nSPS) is 10.0. The fourth-order valence-electron chi connectivity index (χ4n) is 1.40. The maximum atomic E-state index is 10.9. The minimum Gasteiger partial charge on any atom is -0.489 e. The van der Waals surface area contributed by atoms with Gasteiger partial charge in [-0.05, 0) is 17.7 Å². The summed E-state index contributed by atoms with van der Waals surface area (Å²) in [5.41, 5.74) is 10.6. The molecular formula is C12H15Cl2N3O4. The molecule has 0 aromatic heterocycles. The van der Waals surface area contributed by atoms with E-state index in [1.165, 1.54) is 0 Å². The number of benzene rings is 1. The second kappa shape index (κ2) is 8.56. The summed E-state index contributed by atoms with van der Waals surface area (Å²) in [5.74, 6) is -0.00195. The monoisotopic (exact) mass is 335 g/mol. The van der Waals surface area contributed by atoms with Gasteiger partial charge in [0, 0.05) is 0 Å². The molecule has 1 aromatic carbocycles. The van der Waals surface area contributed by atoms with E-state index in [0.717, 1.165) is 0 Å². The summed E-state index contributed by atoms with van der Waals surface area (Å²) in [7, 11) is 0. The molecule has 116 valence electrons. The van der Waals surface area contributed by atoms with Crippen molar-refractivity contribution < 1.29 is 19.1 Å². The minimum atomic E-state index is -0.891. The lowest BCUT2D eigenvalue weighted by Gasteiger charge is -2.12. The molecule has 2 amide bonds. The molecule has 1 aromatic rings. The first-order valence-corrected chi connectivity index (χ1v) is 6.69. The van der Waals surface area contributed by atoms with Crippen LogP contribution in [0, 0.1) is 0 Å². The molecule has 21 heavy (non-hydrogen) atoms. The smallest absolute Gasteiger partial charge is 0.404 e. The zero-order chi connectivity index (χ0) is 15.8. The van der Waals surface area contributed by atoms with Crippen LogP contribution in [0.3, 0.4) is 0 Å². The van der Waals surface area contributed by atoms with Crippen molar-refractivity contribution in [3.8, 4) is 5.75 Å². The quantitative estimate of drug-likeness (QED) is 0.643. The molecule has 0 atom stereocenters. The molecule has 0 bridgehead atoms. The standard InChI is InChI=1S/C12H15Cl2N3O4/c13-8-3-7(6-21-12(16)19)4-9(14)11(8)20-2-1-17-10(18)5-15/h3-4H,1-2,5-6,15H2,(H2,16,19)(H,17,18). The van der Waals surface area contributed by atoms with Crippen LogP contribution in [0.4, 0.5) is 4.79 Å². The number of nitrogens with one attached hydrogen (secondary N) is 1. The highest BCUT2D eigenvalue weighted by atomic mass is 35.5. The highest BCUT2D eigenvalue weighted by Crippen LogP contribution is 2.34. The average Bonchev–Trinajstić information content (AvgIpc) is 2.43. The van der Waals surface area contributed by atoms with Crippen LogP contribution in [-0.4, -0.2) is 31.7 Å². The lowest BCUT2D eigenvalue weighted by molar-refractivity contribution is -0.119. The number of primary amides is 1. The van der Waals surface area contributed by atoms with Gasteiger partial charge in [0.1, 0.15) is 13.2 Å². The lowest BCUT2D eigenvalue weighted by Crippen LogP contribution is -2.33. The number of hydrogen-bond donors (Lipinski definition) is 3. The van der Waals surface area contributed by atoms with E-state index in [2.05, 4.69) is 10.1 Å². The highest BCUT2D eigenvalue weighted by Gasteiger charge is 2.11. The van der Waals surface area contributed by atoms with Gasteiger partial charge in [0.25, 0.3) is 0 Å². The number of ether oxygens (including phenoxy) is 2. The molecule has 0 aliphatic rings. The van der Waals surface area contributed by atoms with Crippen LogP contribution in [0.1, 0.15) is 5.56 Å². The second-order valence-electron chi connectivity index (χ2n) is 3.90. The summed E-state index contributed by atoms with van der Waals surface area (Å²) >= 11 is 12.1. The predicted octanol–water partition coefficient (Wildman–Crippen LogP) is 1.04. The molecule has 9 heteroatoms. The summed E-state index contributed by atoms with van der Waals surface area (Å²) < 4.78 is 10.0. The van der Waals surface area contributed by atoms with Crippen molar-refractivity contribution in [3.05, 3.63) is 27.7 Å². The predicted molar refractivity (Wildman–Crippen MR) is 78.4 cm³/mol. The summed E-state index contributed by atoms with van der Waals surface area (Å²) in [6.45, 7) is 0.329. The third-order valence-corrected chi connectivity index (χ3v) is 2.86. The van der Waals surface area contributed by atoms with Crippen LogP contribution in [0.5, 0.6) is 5.75 Å². The van der Waals surface area contributed by atoms with Crippen LogP contribution < -0.4 is 21.5 Å². The van der Waals surface area contributed by atoms with Gasteiger partial charge in [-0.1, -0.05) is 23.2 Å². The summed E-state index contributed by atoms with van der Waals surface area (Å²) in [6.07, 6.45) is -0.891. The molecule has 0 aliphatic carbocycles. The Bertz CT molecular complexity index is 502. The van der Waals surface area contributed by atoms with Crippen molar-refractivity contribution in [1.82, 2.24) is 5.32 Å². The summed E-state index contributed by atoms with van der Waals surface area (Å²) in [5, 5.41) is 3.06. The van der Waals surface area contributed by atoms with Gasteiger partial charge in [-0.2, -0.15) is 0 Å². The number of hydrogen-bond acceptors (Lipinski definition) is 5. The van der Waals surface area contributed by atoms with E-state index in [9.17, 15) is 9.59 Å². The molecule has 0 radical (unpaired) electrons. The maximum absolute atomic E-state index is 10.9. The third-order valence-electron chi connectivity index (χ3n) is 2.30. The lowest BCUT2D eigenvalue weighted by atomic mass is 10.2. The molecule has 0 fully saturated rings. The average molecular weight is 336 g/mol. The summed E-state index contributed by atoms with van der Waals surface area (Å²) in [4.78, 5) is 21.5. The molecule has 0 unspecified atom stereocenters. The Morgan fingerprint density at radius 2 is 1.86 bits per heavy atom. The van der Waals surface area contributed by atoms with E-state index in [1.54, 1.807) is 12.1 Å². The SMILES string of the molecule is NCC(=O)NCCOc1c(Cl)cc(COC(N)=O)cc1Cl. The van der Waals surface area contributed by atoms with Crippen LogP contribution in [0.2, 0.25) is 10.0 Å². The minimum absolute atomic E-state index is 0.0401. The van der Waals surface area contributed by atoms with Gasteiger partial charge >= 0.3 is 6.09 Å². The Morgan fingerprint density at radius 1 is 1.24 bits per heavy atom. The highest BCUT2D eigenvalue weighted by molar-refractivity contribution is 6.37. The number of amides is 2. The molecule has 0 aliphatic heterocycles. The van der Waals surface area contributed by atoms with E-state index < -0.39 is 6.09 Å². The second-order valence-corrected chi connectivity index (χ2v) is 4.71. The van der Waals surface area contributed by atoms with Crippen molar-refractivity contribution >= 4 is 35.2 Å². The number of rotatable bonds is 7. The molecule has 0 saturated heterocycles. The Hall–Kier alpha value is -1.70. The van der Waals surface area contributed by atoms with E-state index in [0.29, 0.717) is 5.56 Å². The number of carbonyl (C=O) groups excluding carboxylic acids is 2. The largest absolute Gasteiger partial charge is 0.489 e. The molecule has 5 N–H and O–H groups in total. The van der Waals surface area contributed by atoms with Crippen molar-refractivity contribution in [3.63, 3.8) is 0 Å². The van der Waals surface area contributed by atoms with Gasteiger partial charge in [0.15, 0.2) is 5.75 Å². The first kappa shape index (κ1) is 17.4. The molecule has 0 spiro atoms. The van der Waals surface area contributed by atoms with Gasteiger partial charge in [-0.15, -0.1) is 0 Å². The first-order valence-electron chi connectivity index (χ1n) is 5.93. The van der Waals surface area contributed by atoms with Crippen LogP contribution in [-0.2, 0) is 16.1 Å². The molecular weight excluding hydrogens is 321 g/mol. The Morgan fingerprint density at radius 3 is 2.38 bits per heavy atom. The van der Waals surface area contributed by atoms with E-state index >= 15 is 0 Å². The topological polar surface area (TPSA) is 117 Å². The molecule has 0 heterocycles. The summed E-state index contributed by atoms with van der Waals surface area (Å²) in [6, 6.07) is 3.09. The van der Waals surface area contributed by atoms with Crippen LogP contribution in [0.25, 0.3) is 0 Å². The molecule has 0 saturated carbocycles. The van der Waals surface area contributed by atoms with Gasteiger partial charge < -0.3 is 26.3 Å². The van der Waals surface area contributed by atoms with Gasteiger partial charge in [-0.3, -0.25) is 4.79 Å². The van der Waals surface area contributed by atoms with Gasteiger partial charge in [0.2, 0.25) is 5.91 Å². The first-order chi connectivity index (χ1) is 9.93. The van der Waals surface area contributed by atoms with Gasteiger partial charge in [0.05, 0.1) is 23.1 Å². The van der Waals surface area contributed by atoms with E-state index in [1.807, 2.05) is 0 Å². The zero-order valence-electron chi connectivity index (χ0n) is 11.0. The number of nitrogens with two attached hydrogens (primary N) is 2. The van der Waals surface area contributed by atoms with Crippen LogP contribution in [0.15, 0.2) is 12.1 Å². The molecule has 1 rings (SSSR count). The fraction of sp³-hybridized carbons (Fsp3) is 0.333. The van der Waals surface area contributed by atoms with Crippen molar-refractivity contribution in [2.75, 3.05) is 19.7 Å². The maximum Gasteiger partial charge on any atom is 0.404 e.